The summed E-state index contributed by atoms with van der Waals surface area (Å²) >= 11 is 0. The van der Waals surface area contributed by atoms with E-state index in [4.69, 9.17) is 14.2 Å². The summed E-state index contributed by atoms with van der Waals surface area (Å²) in [5, 5.41) is 2.70. The predicted molar refractivity (Wildman–Crippen MR) is 151 cm³/mol. The average molecular weight is 577 g/mol. The van der Waals surface area contributed by atoms with E-state index < -0.39 is 27.6 Å². The molecule has 1 fully saturated rings. The molecular weight excluding hydrogens is 544 g/mol. The minimum absolute atomic E-state index is 0.0537. The van der Waals surface area contributed by atoms with Crippen LogP contribution in [0.5, 0.6) is 11.5 Å². The van der Waals surface area contributed by atoms with Gasteiger partial charge in [-0.2, -0.15) is 0 Å². The van der Waals surface area contributed by atoms with Crippen molar-refractivity contribution in [3.8, 4) is 11.5 Å². The van der Waals surface area contributed by atoms with Crippen molar-refractivity contribution < 1.29 is 32.2 Å². The first-order valence-electron chi connectivity index (χ1n) is 13.7. The van der Waals surface area contributed by atoms with Crippen LogP contribution >= 0.6 is 0 Å². The highest BCUT2D eigenvalue weighted by Gasteiger charge is 2.48. The monoisotopic (exact) mass is 576 g/mol. The number of benzene rings is 3. The molecule has 4 atom stereocenters. The van der Waals surface area contributed by atoms with Crippen molar-refractivity contribution in [1.29, 1.82) is 0 Å². The number of sulfonamides is 1. The molecule has 3 aromatic carbocycles. The van der Waals surface area contributed by atoms with Gasteiger partial charge in [0, 0.05) is 23.1 Å². The van der Waals surface area contributed by atoms with Crippen molar-refractivity contribution in [3.05, 3.63) is 82.9 Å². The number of hydrogen-bond acceptors (Lipinski definition) is 7. The standard InChI is InChI=1S/C31H32N2O7S/c1-17-14-23-26(38-18(2)29(34)32-23)16-27(17)41(36,37)33-30(35)20-10-12-25-21(15-20)28-22(31(3,4)40-25)11-13-24(39-28)19-8-6-5-7-9-19/h5-10,12,14-16,18,22,24,28H,11,13H2,1-4H3,(H,32,34)(H,33,35)/t18-,22+,24-,28-/m0/s1. The largest absolute Gasteiger partial charge is 0.487 e. The van der Waals surface area contributed by atoms with Gasteiger partial charge in [-0.25, -0.2) is 13.1 Å². The molecule has 3 heterocycles. The Kier molecular flexibility index (Phi) is 6.58. The smallest absolute Gasteiger partial charge is 0.265 e. The molecule has 214 valence electrons. The predicted octanol–water partition coefficient (Wildman–Crippen LogP) is 5.21. The van der Waals surface area contributed by atoms with Gasteiger partial charge in [0.25, 0.3) is 21.8 Å². The lowest BCUT2D eigenvalue weighted by Gasteiger charge is -2.48. The zero-order valence-corrected chi connectivity index (χ0v) is 24.1. The van der Waals surface area contributed by atoms with E-state index in [9.17, 15) is 18.0 Å². The third-order valence-electron chi connectivity index (χ3n) is 8.16. The summed E-state index contributed by atoms with van der Waals surface area (Å²) in [5.41, 5.74) is 2.25. The van der Waals surface area contributed by atoms with Crippen molar-refractivity contribution in [2.75, 3.05) is 5.32 Å². The molecule has 6 rings (SSSR count). The maximum atomic E-state index is 13.3. The minimum atomic E-state index is -4.27. The Morgan fingerprint density at radius 2 is 1.78 bits per heavy atom. The van der Waals surface area contributed by atoms with Gasteiger partial charge in [-0.1, -0.05) is 30.3 Å². The quantitative estimate of drug-likeness (QED) is 0.437. The van der Waals surface area contributed by atoms with Crippen molar-refractivity contribution in [2.24, 2.45) is 5.92 Å². The molecule has 3 aromatic rings. The molecule has 41 heavy (non-hydrogen) atoms. The van der Waals surface area contributed by atoms with Gasteiger partial charge in [0.2, 0.25) is 0 Å². The molecule has 10 heteroatoms. The molecular formula is C31H32N2O7S. The van der Waals surface area contributed by atoms with Crippen LogP contribution in [0.1, 0.15) is 72.9 Å². The maximum Gasteiger partial charge on any atom is 0.265 e. The van der Waals surface area contributed by atoms with Gasteiger partial charge < -0.3 is 19.5 Å². The zero-order chi connectivity index (χ0) is 29.1. The van der Waals surface area contributed by atoms with Crippen LogP contribution in [0.3, 0.4) is 0 Å². The summed E-state index contributed by atoms with van der Waals surface area (Å²) in [6.45, 7) is 7.25. The molecule has 0 unspecified atom stereocenters. The van der Waals surface area contributed by atoms with Gasteiger partial charge in [0.05, 0.1) is 22.8 Å². The fourth-order valence-electron chi connectivity index (χ4n) is 5.97. The van der Waals surface area contributed by atoms with Crippen LogP contribution < -0.4 is 19.5 Å². The number of ether oxygens (including phenoxy) is 3. The summed E-state index contributed by atoms with van der Waals surface area (Å²) in [7, 11) is -4.27. The van der Waals surface area contributed by atoms with Crippen LogP contribution in [0.2, 0.25) is 0 Å². The number of hydrogen-bond donors (Lipinski definition) is 2. The Labute approximate surface area is 239 Å². The van der Waals surface area contributed by atoms with Gasteiger partial charge in [0.15, 0.2) is 6.10 Å². The number of aryl methyl sites for hydroxylation is 1. The van der Waals surface area contributed by atoms with Gasteiger partial charge in [-0.05, 0) is 75.9 Å². The van der Waals surface area contributed by atoms with Crippen LogP contribution in [0.15, 0.2) is 65.6 Å². The fourth-order valence-corrected chi connectivity index (χ4v) is 7.19. The summed E-state index contributed by atoms with van der Waals surface area (Å²) in [5.74, 6) is -0.206. The molecule has 2 amide bonds. The van der Waals surface area contributed by atoms with Gasteiger partial charge >= 0.3 is 0 Å². The van der Waals surface area contributed by atoms with Crippen LogP contribution in [-0.2, 0) is 19.6 Å². The van der Waals surface area contributed by atoms with Crippen LogP contribution in [0.4, 0.5) is 5.69 Å². The topological polar surface area (TPSA) is 120 Å². The third kappa shape index (κ3) is 4.95. The van der Waals surface area contributed by atoms with Crippen molar-refractivity contribution in [1.82, 2.24) is 4.72 Å². The normalized spacial score (nSPS) is 24.4. The number of anilines is 1. The second kappa shape index (κ2) is 9.88. The van der Waals surface area contributed by atoms with E-state index in [1.54, 1.807) is 32.0 Å². The number of fused-ring (bicyclic) bond motifs is 4. The molecule has 3 aliphatic heterocycles. The van der Waals surface area contributed by atoms with Crippen molar-refractivity contribution >= 4 is 27.5 Å². The number of amides is 2. The maximum absolute atomic E-state index is 13.3. The molecule has 0 aliphatic carbocycles. The zero-order valence-electron chi connectivity index (χ0n) is 23.3. The molecule has 0 radical (unpaired) electrons. The summed E-state index contributed by atoms with van der Waals surface area (Å²) in [6, 6.07) is 17.8. The number of carbonyl (C=O) groups excluding carboxylic acids is 2. The average Bonchev–Trinajstić information content (AvgIpc) is 2.93. The van der Waals surface area contributed by atoms with Crippen LogP contribution in [0.25, 0.3) is 0 Å². The lowest BCUT2D eigenvalue weighted by Crippen LogP contribution is -2.47. The summed E-state index contributed by atoms with van der Waals surface area (Å²) in [4.78, 5) is 25.2. The van der Waals surface area contributed by atoms with E-state index in [0.717, 1.165) is 24.0 Å². The Morgan fingerprint density at radius 3 is 2.54 bits per heavy atom. The highest BCUT2D eigenvalue weighted by molar-refractivity contribution is 7.90. The highest BCUT2D eigenvalue weighted by atomic mass is 32.2. The van der Waals surface area contributed by atoms with E-state index in [1.807, 2.05) is 44.2 Å². The van der Waals surface area contributed by atoms with Crippen LogP contribution in [-0.4, -0.2) is 31.9 Å². The SMILES string of the molecule is Cc1cc2c(cc1S(=O)(=O)NC(=O)c1ccc3c(c1)[C@@H]1O[C@H](c4ccccc4)CC[C@H]1C(C)(C)O3)O[C@@H](C)C(=O)N2. The van der Waals surface area contributed by atoms with Crippen molar-refractivity contribution in [3.63, 3.8) is 0 Å². The van der Waals surface area contributed by atoms with E-state index in [1.165, 1.54) is 12.1 Å². The van der Waals surface area contributed by atoms with E-state index >= 15 is 0 Å². The molecule has 0 spiro atoms. The van der Waals surface area contributed by atoms with Crippen LogP contribution in [0, 0.1) is 12.8 Å². The Bertz CT molecular complexity index is 1650. The number of nitrogens with one attached hydrogen (secondary N) is 2. The van der Waals surface area contributed by atoms with Gasteiger partial charge in [-0.15, -0.1) is 0 Å². The van der Waals surface area contributed by atoms with Crippen molar-refractivity contribution in [2.45, 2.75) is 69.3 Å². The molecule has 0 saturated carbocycles. The molecule has 3 aliphatic rings. The second-order valence-corrected chi connectivity index (χ2v) is 13.0. The van der Waals surface area contributed by atoms with Gasteiger partial charge in [0.1, 0.15) is 17.1 Å². The van der Waals surface area contributed by atoms with E-state index in [-0.39, 0.29) is 40.2 Å². The molecule has 0 aromatic heterocycles. The first-order valence-corrected chi connectivity index (χ1v) is 15.1. The summed E-state index contributed by atoms with van der Waals surface area (Å²) in [6.07, 6.45) is 0.525. The summed E-state index contributed by atoms with van der Waals surface area (Å²) < 4.78 is 47.5. The fraction of sp³-hybridized carbons (Fsp3) is 0.355. The lowest BCUT2D eigenvalue weighted by atomic mass is 9.74. The Hall–Kier alpha value is -3.89. The number of carbonyl (C=O) groups is 2. The molecule has 1 saturated heterocycles. The first-order chi connectivity index (χ1) is 19.4. The molecule has 2 N–H and O–H groups in total. The minimum Gasteiger partial charge on any atom is -0.487 e. The lowest BCUT2D eigenvalue weighted by molar-refractivity contribution is -0.151. The van der Waals surface area contributed by atoms with Gasteiger partial charge in [-0.3, -0.25) is 9.59 Å². The van der Waals surface area contributed by atoms with E-state index in [2.05, 4.69) is 10.0 Å². The Morgan fingerprint density at radius 1 is 1.02 bits per heavy atom. The van der Waals surface area contributed by atoms with E-state index in [0.29, 0.717) is 17.0 Å². The first kappa shape index (κ1) is 27.3. The molecule has 9 nitrogen and oxygen atoms in total. The third-order valence-corrected chi connectivity index (χ3v) is 9.63. The second-order valence-electron chi connectivity index (χ2n) is 11.4. The highest BCUT2D eigenvalue weighted by Crippen LogP contribution is 2.53. The molecule has 0 bridgehead atoms. The number of rotatable bonds is 4. The Balaban J connectivity index is 1.29.